The summed E-state index contributed by atoms with van der Waals surface area (Å²) in [6.45, 7) is 3.34. The molecule has 0 atom stereocenters. The number of nitrogens with one attached hydrogen (secondary N) is 1. The average Bonchev–Trinajstić information content (AvgIpc) is 3.20. The summed E-state index contributed by atoms with van der Waals surface area (Å²) in [6.07, 6.45) is 10.9. The smallest absolute Gasteiger partial charge is 0.161 e. The number of pyridine rings is 1. The Labute approximate surface area is 131 Å². The lowest BCUT2D eigenvalue weighted by atomic mass is 10.0. The zero-order valence-electron chi connectivity index (χ0n) is 13.1. The first kappa shape index (κ1) is 13.7. The summed E-state index contributed by atoms with van der Waals surface area (Å²) in [7, 11) is 0. The van der Waals surface area contributed by atoms with Gasteiger partial charge in [-0.2, -0.15) is 0 Å². The maximum atomic E-state index is 4.83. The van der Waals surface area contributed by atoms with Crippen LogP contribution in [0.3, 0.4) is 0 Å². The quantitative estimate of drug-likeness (QED) is 0.915. The van der Waals surface area contributed by atoms with Crippen molar-refractivity contribution in [3.8, 4) is 11.4 Å². The molecular weight excluding hydrogens is 272 g/mol. The second-order valence-corrected chi connectivity index (χ2v) is 6.62. The predicted octanol–water partition coefficient (Wildman–Crippen LogP) is 3.63. The molecule has 0 aromatic carbocycles. The van der Waals surface area contributed by atoms with E-state index in [2.05, 4.69) is 17.2 Å². The van der Waals surface area contributed by atoms with E-state index < -0.39 is 0 Å². The van der Waals surface area contributed by atoms with Crippen LogP contribution in [0.15, 0.2) is 24.5 Å². The summed E-state index contributed by atoms with van der Waals surface area (Å²) in [5.74, 6) is 1.89. The molecule has 2 heterocycles. The molecule has 0 amide bonds. The first-order valence-corrected chi connectivity index (χ1v) is 8.34. The SMILES string of the molecule is CCC1(CNc2nc(-c3ccncc3)nc3c2CCC3)CC1. The van der Waals surface area contributed by atoms with Crippen LogP contribution < -0.4 is 5.32 Å². The molecule has 2 aromatic rings. The van der Waals surface area contributed by atoms with Gasteiger partial charge in [-0.25, -0.2) is 9.97 Å². The number of hydrogen-bond acceptors (Lipinski definition) is 4. The third-order valence-electron chi connectivity index (χ3n) is 5.21. The van der Waals surface area contributed by atoms with Crippen molar-refractivity contribution in [2.24, 2.45) is 5.41 Å². The highest BCUT2D eigenvalue weighted by Gasteiger charge is 2.40. The minimum Gasteiger partial charge on any atom is -0.369 e. The first-order chi connectivity index (χ1) is 10.8. The van der Waals surface area contributed by atoms with E-state index in [1.807, 2.05) is 12.1 Å². The van der Waals surface area contributed by atoms with E-state index in [0.29, 0.717) is 5.41 Å². The molecule has 2 aliphatic rings. The predicted molar refractivity (Wildman–Crippen MR) is 87.7 cm³/mol. The van der Waals surface area contributed by atoms with Crippen molar-refractivity contribution in [1.29, 1.82) is 0 Å². The first-order valence-electron chi connectivity index (χ1n) is 8.34. The normalized spacial score (nSPS) is 18.0. The fraction of sp³-hybridized carbons (Fsp3) is 0.500. The van der Waals surface area contributed by atoms with E-state index in [9.17, 15) is 0 Å². The van der Waals surface area contributed by atoms with E-state index in [0.717, 1.165) is 36.6 Å². The summed E-state index contributed by atoms with van der Waals surface area (Å²) in [5, 5.41) is 3.64. The number of aryl methyl sites for hydroxylation is 1. The number of anilines is 1. The van der Waals surface area contributed by atoms with Crippen LogP contribution in [-0.2, 0) is 12.8 Å². The lowest BCUT2D eigenvalue weighted by Gasteiger charge is -2.17. The standard InChI is InChI=1S/C18H22N4/c1-2-18(8-9-18)12-20-17-14-4-3-5-15(14)21-16(22-17)13-6-10-19-11-7-13/h6-7,10-11H,2-5,8-9,12H2,1H3,(H,20,21,22). The number of rotatable bonds is 5. The van der Waals surface area contributed by atoms with Crippen molar-refractivity contribution in [3.05, 3.63) is 35.8 Å². The van der Waals surface area contributed by atoms with Gasteiger partial charge in [0, 0.05) is 35.8 Å². The molecule has 0 saturated heterocycles. The Balaban J connectivity index is 1.66. The van der Waals surface area contributed by atoms with E-state index in [-0.39, 0.29) is 0 Å². The number of nitrogens with zero attached hydrogens (tertiary/aromatic N) is 3. The highest BCUT2D eigenvalue weighted by molar-refractivity contribution is 5.60. The zero-order valence-corrected chi connectivity index (χ0v) is 13.1. The van der Waals surface area contributed by atoms with Crippen molar-refractivity contribution < 1.29 is 0 Å². The van der Waals surface area contributed by atoms with Crippen LogP contribution in [0.1, 0.15) is 43.9 Å². The number of fused-ring (bicyclic) bond motifs is 1. The molecule has 2 aromatic heterocycles. The Hall–Kier alpha value is -1.97. The Morgan fingerprint density at radius 1 is 1.14 bits per heavy atom. The summed E-state index contributed by atoms with van der Waals surface area (Å²) in [5.41, 5.74) is 4.13. The molecule has 2 aliphatic carbocycles. The van der Waals surface area contributed by atoms with Crippen LogP contribution in [0.25, 0.3) is 11.4 Å². The molecule has 4 rings (SSSR count). The molecule has 0 radical (unpaired) electrons. The Kier molecular flexibility index (Phi) is 3.32. The molecule has 1 saturated carbocycles. The molecule has 22 heavy (non-hydrogen) atoms. The third kappa shape index (κ3) is 2.47. The second kappa shape index (κ2) is 5.34. The van der Waals surface area contributed by atoms with E-state index >= 15 is 0 Å². The molecule has 4 nitrogen and oxygen atoms in total. The Morgan fingerprint density at radius 3 is 2.68 bits per heavy atom. The second-order valence-electron chi connectivity index (χ2n) is 6.62. The van der Waals surface area contributed by atoms with Crippen LogP contribution in [0.2, 0.25) is 0 Å². The van der Waals surface area contributed by atoms with E-state index in [1.165, 1.54) is 36.9 Å². The van der Waals surface area contributed by atoms with Crippen LogP contribution in [-0.4, -0.2) is 21.5 Å². The molecule has 1 N–H and O–H groups in total. The summed E-state index contributed by atoms with van der Waals surface area (Å²) in [6, 6.07) is 3.96. The largest absolute Gasteiger partial charge is 0.369 e. The van der Waals surface area contributed by atoms with Gasteiger partial charge in [-0.05, 0) is 56.1 Å². The van der Waals surface area contributed by atoms with Gasteiger partial charge in [0.1, 0.15) is 5.82 Å². The van der Waals surface area contributed by atoms with Gasteiger partial charge in [0.25, 0.3) is 0 Å². The monoisotopic (exact) mass is 294 g/mol. The van der Waals surface area contributed by atoms with Crippen molar-refractivity contribution in [2.75, 3.05) is 11.9 Å². The van der Waals surface area contributed by atoms with E-state index in [1.54, 1.807) is 12.4 Å². The zero-order chi connectivity index (χ0) is 15.0. The maximum Gasteiger partial charge on any atom is 0.161 e. The van der Waals surface area contributed by atoms with Crippen molar-refractivity contribution in [1.82, 2.24) is 15.0 Å². The third-order valence-corrected chi connectivity index (χ3v) is 5.21. The number of hydrogen-bond donors (Lipinski definition) is 1. The van der Waals surface area contributed by atoms with Crippen molar-refractivity contribution in [2.45, 2.75) is 45.4 Å². The Bertz CT molecular complexity index is 677. The lowest BCUT2D eigenvalue weighted by molar-refractivity contribution is 0.520. The highest BCUT2D eigenvalue weighted by Crippen LogP contribution is 2.48. The molecule has 1 fully saturated rings. The molecule has 0 spiro atoms. The molecule has 114 valence electrons. The molecule has 0 bridgehead atoms. The minimum absolute atomic E-state index is 0.521. The van der Waals surface area contributed by atoms with Crippen LogP contribution in [0.5, 0.6) is 0 Å². The van der Waals surface area contributed by atoms with Gasteiger partial charge in [-0.3, -0.25) is 4.98 Å². The fourth-order valence-corrected chi connectivity index (χ4v) is 3.31. The fourth-order valence-electron chi connectivity index (χ4n) is 3.31. The summed E-state index contributed by atoms with van der Waals surface area (Å²) < 4.78 is 0. The van der Waals surface area contributed by atoms with Crippen molar-refractivity contribution >= 4 is 5.82 Å². The highest BCUT2D eigenvalue weighted by atomic mass is 15.1. The van der Waals surface area contributed by atoms with Crippen LogP contribution in [0.4, 0.5) is 5.82 Å². The summed E-state index contributed by atoms with van der Waals surface area (Å²) >= 11 is 0. The average molecular weight is 294 g/mol. The Morgan fingerprint density at radius 2 is 1.95 bits per heavy atom. The maximum absolute atomic E-state index is 4.83. The van der Waals surface area contributed by atoms with Crippen molar-refractivity contribution in [3.63, 3.8) is 0 Å². The molecule has 0 unspecified atom stereocenters. The number of aromatic nitrogens is 3. The van der Waals surface area contributed by atoms with Gasteiger partial charge >= 0.3 is 0 Å². The molecule has 0 aliphatic heterocycles. The van der Waals surface area contributed by atoms with Gasteiger partial charge in [-0.1, -0.05) is 6.92 Å². The van der Waals surface area contributed by atoms with E-state index in [4.69, 9.17) is 9.97 Å². The van der Waals surface area contributed by atoms with Crippen LogP contribution >= 0.6 is 0 Å². The lowest BCUT2D eigenvalue weighted by Crippen LogP contribution is -2.17. The minimum atomic E-state index is 0.521. The summed E-state index contributed by atoms with van der Waals surface area (Å²) in [4.78, 5) is 13.7. The topological polar surface area (TPSA) is 50.7 Å². The molecule has 4 heteroatoms. The van der Waals surface area contributed by atoms with Crippen LogP contribution in [0, 0.1) is 5.41 Å². The van der Waals surface area contributed by atoms with Gasteiger partial charge in [0.05, 0.1) is 0 Å². The van der Waals surface area contributed by atoms with Gasteiger partial charge in [0.15, 0.2) is 5.82 Å². The van der Waals surface area contributed by atoms with Gasteiger partial charge in [0.2, 0.25) is 0 Å². The van der Waals surface area contributed by atoms with Gasteiger partial charge in [-0.15, -0.1) is 0 Å². The molecular formula is C18H22N4. The van der Waals surface area contributed by atoms with Gasteiger partial charge < -0.3 is 5.32 Å².